The highest BCUT2D eigenvalue weighted by molar-refractivity contribution is 5.72. The Morgan fingerprint density at radius 1 is 0.615 bits per heavy atom. The summed E-state index contributed by atoms with van der Waals surface area (Å²) in [6.45, 7) is 13.0. The molecule has 0 aliphatic rings. The molecule has 0 unspecified atom stereocenters. The molecule has 0 saturated heterocycles. The molecule has 0 radical (unpaired) electrons. The van der Waals surface area contributed by atoms with Crippen LogP contribution in [-0.2, 0) is 0 Å². The molecule has 0 amide bonds. The average Bonchev–Trinajstić information content (AvgIpc) is 3.23. The molecule has 0 spiro atoms. The second kappa shape index (κ2) is 11.7. The van der Waals surface area contributed by atoms with E-state index >= 15 is 0 Å². The zero-order valence-corrected chi connectivity index (χ0v) is 16.4. The highest BCUT2D eigenvalue weighted by Crippen LogP contribution is 2.03. The van der Waals surface area contributed by atoms with Crippen LogP contribution < -0.4 is 0 Å². The summed E-state index contributed by atoms with van der Waals surface area (Å²) in [5.74, 6) is 1.67. The molecule has 0 aliphatic carbocycles. The third-order valence-corrected chi connectivity index (χ3v) is 2.32. The number of pyridine rings is 1. The largest absolute Gasteiger partial charge is 0.234 e. The number of fused-ring (bicyclic) bond motifs is 2. The van der Waals surface area contributed by atoms with Crippen LogP contribution in [0.4, 0.5) is 0 Å². The minimum Gasteiger partial charge on any atom is -0.234 e. The molecular weight excluding hydrogens is 326 g/mol. The fourth-order valence-corrected chi connectivity index (χ4v) is 1.47. The highest BCUT2D eigenvalue weighted by atomic mass is 15.3. The molecule has 7 heteroatoms. The Morgan fingerprint density at radius 2 is 1.04 bits per heavy atom. The summed E-state index contributed by atoms with van der Waals surface area (Å²) in [6, 6.07) is 11.4. The monoisotopic (exact) mass is 355 g/mol. The number of hydrogen-bond acceptors (Lipinski definition) is 5. The van der Waals surface area contributed by atoms with Crippen molar-refractivity contribution in [1.82, 2.24) is 35.8 Å². The number of nitrogens with zero attached hydrogens (tertiary/aromatic N) is 5. The van der Waals surface area contributed by atoms with E-state index in [-0.39, 0.29) is 0 Å². The number of benzene rings is 1. The Kier molecular flexibility index (Phi) is 9.53. The Hall–Kier alpha value is -2.83. The second-order valence-corrected chi connectivity index (χ2v) is 6.95. The van der Waals surface area contributed by atoms with Crippen molar-refractivity contribution in [2.45, 2.75) is 41.5 Å². The summed E-state index contributed by atoms with van der Waals surface area (Å²) in [5.41, 5.74) is 3.30. The van der Waals surface area contributed by atoms with E-state index in [9.17, 15) is 0 Å². The summed E-state index contributed by atoms with van der Waals surface area (Å²) < 4.78 is 0. The molecule has 0 fully saturated rings. The van der Waals surface area contributed by atoms with Gasteiger partial charge in [0.15, 0.2) is 0 Å². The van der Waals surface area contributed by atoms with E-state index in [1.54, 1.807) is 6.20 Å². The van der Waals surface area contributed by atoms with Gasteiger partial charge in [0.05, 0.1) is 0 Å². The van der Waals surface area contributed by atoms with Gasteiger partial charge in [0.2, 0.25) is 5.65 Å². The Morgan fingerprint density at radius 3 is 1.54 bits per heavy atom. The Balaban J connectivity index is 0.000000188. The minimum atomic E-state index is 0.664. The van der Waals surface area contributed by atoms with Gasteiger partial charge in [-0.15, -0.1) is 5.10 Å². The van der Waals surface area contributed by atoms with Gasteiger partial charge in [-0.3, -0.25) is 0 Å². The fraction of sp³-hybridized carbons (Fsp3) is 0.421. The van der Waals surface area contributed by atoms with Gasteiger partial charge in [0.1, 0.15) is 16.6 Å². The maximum absolute atomic E-state index is 3.94. The first-order chi connectivity index (χ1) is 12.4. The predicted molar refractivity (Wildman–Crippen MR) is 107 cm³/mol. The molecule has 0 saturated carbocycles. The molecule has 140 valence electrons. The van der Waals surface area contributed by atoms with E-state index in [4.69, 9.17) is 0 Å². The van der Waals surface area contributed by atoms with Gasteiger partial charge < -0.3 is 0 Å². The number of rotatable bonds is 0. The Labute approximate surface area is 154 Å². The van der Waals surface area contributed by atoms with Crippen LogP contribution in [0.3, 0.4) is 0 Å². The standard InChI is InChI=1S/C6H5N3.C5H4N4.2C4H10/c1-2-4-6-5(3-1)7-9-8-6;1-2-4-5(6-3-1)8-9-7-4;2*1-4(2)3/h1-4H,(H,7,8,9);1-3H,(H,6,7,8,9);2*4H,1-3H3. The number of aromatic nitrogens is 7. The summed E-state index contributed by atoms with van der Waals surface area (Å²) in [7, 11) is 0. The quantitative estimate of drug-likeness (QED) is 0.479. The van der Waals surface area contributed by atoms with E-state index in [0.29, 0.717) is 5.65 Å². The molecule has 0 atom stereocenters. The summed E-state index contributed by atoms with van der Waals surface area (Å²) in [6.07, 6.45) is 1.69. The molecule has 3 aromatic heterocycles. The van der Waals surface area contributed by atoms with Crippen LogP contribution in [-0.4, -0.2) is 35.8 Å². The van der Waals surface area contributed by atoms with Crippen LogP contribution in [0.1, 0.15) is 41.5 Å². The molecule has 2 N–H and O–H groups in total. The van der Waals surface area contributed by atoms with Crippen molar-refractivity contribution < 1.29 is 0 Å². The first-order valence-electron chi connectivity index (χ1n) is 8.77. The van der Waals surface area contributed by atoms with Gasteiger partial charge in [-0.1, -0.05) is 53.7 Å². The summed E-state index contributed by atoms with van der Waals surface area (Å²) >= 11 is 0. The maximum Gasteiger partial charge on any atom is 0.201 e. The van der Waals surface area contributed by atoms with Gasteiger partial charge in [-0.2, -0.15) is 25.7 Å². The van der Waals surface area contributed by atoms with Crippen molar-refractivity contribution in [2.75, 3.05) is 0 Å². The smallest absolute Gasteiger partial charge is 0.201 e. The molecule has 1 aromatic carbocycles. The number of para-hydroxylation sites is 2. The van der Waals surface area contributed by atoms with Crippen molar-refractivity contribution in [1.29, 1.82) is 0 Å². The third kappa shape index (κ3) is 8.86. The lowest BCUT2D eigenvalue weighted by molar-refractivity contribution is 0.736. The SMILES string of the molecule is CC(C)C.CC(C)C.c1ccc2n[nH]nc2c1.c1cnc2n[nH]nc2c1. The predicted octanol–water partition coefficient (Wildman–Crippen LogP) is 4.64. The van der Waals surface area contributed by atoms with Crippen LogP contribution in [0, 0.1) is 11.8 Å². The molecule has 26 heavy (non-hydrogen) atoms. The van der Waals surface area contributed by atoms with Crippen LogP contribution in [0.15, 0.2) is 42.6 Å². The lowest BCUT2D eigenvalue weighted by Crippen LogP contribution is -1.71. The first-order valence-corrected chi connectivity index (χ1v) is 8.77. The van der Waals surface area contributed by atoms with Crippen molar-refractivity contribution in [3.63, 3.8) is 0 Å². The van der Waals surface area contributed by atoms with E-state index in [2.05, 4.69) is 77.3 Å². The molecule has 0 aliphatic heterocycles. The summed E-state index contributed by atoms with van der Waals surface area (Å²) in [5, 5.41) is 20.4. The molecule has 4 rings (SSSR count). The summed E-state index contributed by atoms with van der Waals surface area (Å²) in [4.78, 5) is 3.94. The minimum absolute atomic E-state index is 0.664. The Bertz CT molecular complexity index is 711. The third-order valence-electron chi connectivity index (χ3n) is 2.32. The van der Waals surface area contributed by atoms with Crippen LogP contribution in [0.2, 0.25) is 0 Å². The number of nitrogens with one attached hydrogen (secondary N) is 2. The zero-order valence-electron chi connectivity index (χ0n) is 16.4. The van der Waals surface area contributed by atoms with Crippen LogP contribution >= 0.6 is 0 Å². The topological polar surface area (TPSA) is 96.0 Å². The van der Waals surface area contributed by atoms with Gasteiger partial charge in [-0.05, 0) is 36.1 Å². The van der Waals surface area contributed by atoms with Gasteiger partial charge in [0.25, 0.3) is 0 Å². The molecule has 0 bridgehead atoms. The number of aromatic amines is 2. The van der Waals surface area contributed by atoms with E-state index < -0.39 is 0 Å². The van der Waals surface area contributed by atoms with Gasteiger partial charge in [-0.25, -0.2) is 4.98 Å². The molecule has 3 heterocycles. The average molecular weight is 355 g/mol. The first kappa shape index (κ1) is 21.2. The van der Waals surface area contributed by atoms with Crippen molar-refractivity contribution in [3.8, 4) is 0 Å². The van der Waals surface area contributed by atoms with Crippen molar-refractivity contribution >= 4 is 22.2 Å². The van der Waals surface area contributed by atoms with Gasteiger partial charge in [0, 0.05) is 6.20 Å². The maximum atomic E-state index is 3.94. The lowest BCUT2D eigenvalue weighted by Gasteiger charge is -1.79. The second-order valence-electron chi connectivity index (χ2n) is 6.95. The van der Waals surface area contributed by atoms with Crippen LogP contribution in [0.25, 0.3) is 22.2 Å². The fourth-order valence-electron chi connectivity index (χ4n) is 1.47. The molecule has 4 aromatic rings. The van der Waals surface area contributed by atoms with Gasteiger partial charge >= 0.3 is 0 Å². The van der Waals surface area contributed by atoms with Crippen LogP contribution in [0.5, 0.6) is 0 Å². The molecule has 7 nitrogen and oxygen atoms in total. The van der Waals surface area contributed by atoms with E-state index in [1.165, 1.54) is 0 Å². The molecular formula is C19H29N7. The van der Waals surface area contributed by atoms with Crippen molar-refractivity contribution in [2.24, 2.45) is 11.8 Å². The number of H-pyrrole nitrogens is 2. The van der Waals surface area contributed by atoms with Crippen molar-refractivity contribution in [3.05, 3.63) is 42.6 Å². The number of hydrogen-bond donors (Lipinski definition) is 2. The highest BCUT2D eigenvalue weighted by Gasteiger charge is 1.92. The normalized spacial score (nSPS) is 9.85. The van der Waals surface area contributed by atoms with E-state index in [1.807, 2.05) is 36.4 Å². The lowest BCUT2D eigenvalue weighted by atomic mass is 10.3. The zero-order chi connectivity index (χ0) is 19.4. The van der Waals surface area contributed by atoms with E-state index in [0.717, 1.165) is 28.4 Å².